The van der Waals surface area contributed by atoms with Crippen molar-refractivity contribution in [2.45, 2.75) is 0 Å². The van der Waals surface area contributed by atoms with Crippen LogP contribution >= 0.6 is 11.6 Å². The normalized spacial score (nSPS) is 10.5. The van der Waals surface area contributed by atoms with Crippen LogP contribution in [-0.4, -0.2) is 12.1 Å². The number of halogens is 1. The lowest BCUT2D eigenvalue weighted by Crippen LogP contribution is -1.88. The van der Waals surface area contributed by atoms with E-state index in [1.807, 2.05) is 48.5 Å². The highest BCUT2D eigenvalue weighted by atomic mass is 35.5. The Morgan fingerprint density at radius 3 is 2.45 bits per heavy atom. The first kappa shape index (κ1) is 12.8. The maximum atomic E-state index is 5.97. The molecule has 0 spiro atoms. The van der Waals surface area contributed by atoms with Crippen LogP contribution < -0.4 is 9.47 Å². The maximum Gasteiger partial charge on any atom is 0.138 e. The van der Waals surface area contributed by atoms with Gasteiger partial charge in [-0.1, -0.05) is 11.6 Å². The van der Waals surface area contributed by atoms with Crippen LogP contribution in [-0.2, 0) is 0 Å². The van der Waals surface area contributed by atoms with E-state index in [9.17, 15) is 0 Å². The van der Waals surface area contributed by atoms with Gasteiger partial charge in [-0.05, 0) is 48.5 Å². The third-order valence-electron chi connectivity index (χ3n) is 2.95. The topological polar surface area (TPSA) is 31.4 Å². The molecular formula is C16H12ClNO2. The lowest BCUT2D eigenvalue weighted by atomic mass is 10.2. The maximum absolute atomic E-state index is 5.97. The molecule has 3 rings (SSSR count). The van der Waals surface area contributed by atoms with Crippen LogP contribution in [0.25, 0.3) is 10.9 Å². The molecule has 0 unspecified atom stereocenters. The SMILES string of the molecule is COc1ccc(Oc2ccnc3cc(Cl)ccc23)cc1. The van der Waals surface area contributed by atoms with Crippen molar-refractivity contribution in [3.05, 3.63) is 59.8 Å². The van der Waals surface area contributed by atoms with Gasteiger partial charge in [0, 0.05) is 16.6 Å². The number of methoxy groups -OCH3 is 1. The van der Waals surface area contributed by atoms with Crippen LogP contribution in [0.3, 0.4) is 0 Å². The van der Waals surface area contributed by atoms with Gasteiger partial charge in [0.2, 0.25) is 0 Å². The molecule has 0 amide bonds. The van der Waals surface area contributed by atoms with E-state index < -0.39 is 0 Å². The Kier molecular flexibility index (Phi) is 3.44. The lowest BCUT2D eigenvalue weighted by molar-refractivity contribution is 0.413. The summed E-state index contributed by atoms with van der Waals surface area (Å²) in [5.74, 6) is 2.29. The predicted octanol–water partition coefficient (Wildman–Crippen LogP) is 4.69. The molecule has 0 bridgehead atoms. The van der Waals surface area contributed by atoms with Crippen LogP contribution in [0.2, 0.25) is 5.02 Å². The Hall–Kier alpha value is -2.26. The molecule has 3 nitrogen and oxygen atoms in total. The zero-order chi connectivity index (χ0) is 13.9. The van der Waals surface area contributed by atoms with Crippen molar-refractivity contribution in [1.82, 2.24) is 4.98 Å². The molecule has 0 saturated carbocycles. The number of hydrogen-bond acceptors (Lipinski definition) is 3. The summed E-state index contributed by atoms with van der Waals surface area (Å²) in [5.41, 5.74) is 0.809. The summed E-state index contributed by atoms with van der Waals surface area (Å²) in [4.78, 5) is 4.29. The predicted molar refractivity (Wildman–Crippen MR) is 79.8 cm³/mol. The second-order valence-electron chi connectivity index (χ2n) is 4.25. The molecule has 20 heavy (non-hydrogen) atoms. The Morgan fingerprint density at radius 2 is 1.70 bits per heavy atom. The number of ether oxygens (including phenoxy) is 2. The molecule has 1 heterocycles. The van der Waals surface area contributed by atoms with Crippen LogP contribution in [0.4, 0.5) is 0 Å². The van der Waals surface area contributed by atoms with E-state index >= 15 is 0 Å². The molecule has 2 aromatic carbocycles. The summed E-state index contributed by atoms with van der Waals surface area (Å²) in [6, 6.07) is 14.8. The standard InChI is InChI=1S/C16H12ClNO2/c1-19-12-3-5-13(6-4-12)20-16-8-9-18-15-10-11(17)2-7-14(15)16/h2-10H,1H3. The van der Waals surface area contributed by atoms with Gasteiger partial charge in [-0.15, -0.1) is 0 Å². The number of rotatable bonds is 3. The average Bonchev–Trinajstić information content (AvgIpc) is 2.48. The number of hydrogen-bond donors (Lipinski definition) is 0. The van der Waals surface area contributed by atoms with Crippen LogP contribution in [0.15, 0.2) is 54.7 Å². The van der Waals surface area contributed by atoms with Gasteiger partial charge in [0.15, 0.2) is 0 Å². The van der Waals surface area contributed by atoms with E-state index in [1.165, 1.54) is 0 Å². The van der Waals surface area contributed by atoms with Gasteiger partial charge >= 0.3 is 0 Å². The summed E-state index contributed by atoms with van der Waals surface area (Å²) in [6.45, 7) is 0. The Morgan fingerprint density at radius 1 is 0.950 bits per heavy atom. The van der Waals surface area contributed by atoms with Crippen LogP contribution in [0.5, 0.6) is 17.2 Å². The smallest absolute Gasteiger partial charge is 0.138 e. The minimum Gasteiger partial charge on any atom is -0.497 e. The van der Waals surface area contributed by atoms with Crippen molar-refractivity contribution < 1.29 is 9.47 Å². The van der Waals surface area contributed by atoms with Crippen molar-refractivity contribution in [3.8, 4) is 17.2 Å². The quantitative estimate of drug-likeness (QED) is 0.699. The van der Waals surface area contributed by atoms with Crippen molar-refractivity contribution in [3.63, 3.8) is 0 Å². The van der Waals surface area contributed by atoms with Gasteiger partial charge < -0.3 is 9.47 Å². The highest BCUT2D eigenvalue weighted by Gasteiger charge is 2.05. The van der Waals surface area contributed by atoms with Gasteiger partial charge in [0.25, 0.3) is 0 Å². The van der Waals surface area contributed by atoms with Crippen LogP contribution in [0, 0.1) is 0 Å². The second-order valence-corrected chi connectivity index (χ2v) is 4.68. The van der Waals surface area contributed by atoms with Crippen molar-refractivity contribution >= 4 is 22.5 Å². The van der Waals surface area contributed by atoms with Gasteiger partial charge in [-0.3, -0.25) is 4.98 Å². The van der Waals surface area contributed by atoms with E-state index in [1.54, 1.807) is 13.3 Å². The minimum atomic E-state index is 0.659. The highest BCUT2D eigenvalue weighted by Crippen LogP contribution is 2.30. The molecule has 3 aromatic rings. The summed E-state index contributed by atoms with van der Waals surface area (Å²) >= 11 is 5.97. The molecule has 0 radical (unpaired) electrons. The molecule has 0 aliphatic rings. The second kappa shape index (κ2) is 5.39. The van der Waals surface area contributed by atoms with Gasteiger partial charge in [0.1, 0.15) is 17.2 Å². The first-order valence-electron chi connectivity index (χ1n) is 6.12. The molecule has 1 aromatic heterocycles. The first-order valence-corrected chi connectivity index (χ1v) is 6.50. The molecule has 100 valence electrons. The van der Waals surface area contributed by atoms with Gasteiger partial charge in [-0.2, -0.15) is 0 Å². The Labute approximate surface area is 121 Å². The fourth-order valence-corrected chi connectivity index (χ4v) is 2.12. The summed E-state index contributed by atoms with van der Waals surface area (Å²) in [6.07, 6.45) is 1.71. The zero-order valence-electron chi connectivity index (χ0n) is 10.8. The summed E-state index contributed by atoms with van der Waals surface area (Å²) in [7, 11) is 1.63. The third kappa shape index (κ3) is 2.53. The molecule has 0 N–H and O–H groups in total. The summed E-state index contributed by atoms with van der Waals surface area (Å²) < 4.78 is 11.0. The summed E-state index contributed by atoms with van der Waals surface area (Å²) in [5, 5.41) is 1.58. The average molecular weight is 286 g/mol. The lowest BCUT2D eigenvalue weighted by Gasteiger charge is -2.09. The molecule has 0 saturated heterocycles. The minimum absolute atomic E-state index is 0.659. The van der Waals surface area contributed by atoms with E-state index in [2.05, 4.69) is 4.98 Å². The molecule has 0 aliphatic carbocycles. The first-order chi connectivity index (χ1) is 9.76. The molecule has 0 fully saturated rings. The number of nitrogens with zero attached hydrogens (tertiary/aromatic N) is 1. The third-order valence-corrected chi connectivity index (χ3v) is 3.19. The van der Waals surface area contributed by atoms with Crippen molar-refractivity contribution in [2.24, 2.45) is 0 Å². The molecule has 4 heteroatoms. The number of pyridine rings is 1. The Balaban J connectivity index is 1.97. The number of benzene rings is 2. The number of fused-ring (bicyclic) bond motifs is 1. The van der Waals surface area contributed by atoms with Crippen LogP contribution in [0.1, 0.15) is 0 Å². The zero-order valence-corrected chi connectivity index (χ0v) is 11.6. The van der Waals surface area contributed by atoms with Gasteiger partial charge in [0.05, 0.1) is 12.6 Å². The van der Waals surface area contributed by atoms with Crippen molar-refractivity contribution in [1.29, 1.82) is 0 Å². The fourth-order valence-electron chi connectivity index (χ4n) is 1.95. The monoisotopic (exact) mass is 285 g/mol. The van der Waals surface area contributed by atoms with E-state index in [0.717, 1.165) is 28.2 Å². The molecule has 0 aliphatic heterocycles. The van der Waals surface area contributed by atoms with Gasteiger partial charge in [-0.25, -0.2) is 0 Å². The fraction of sp³-hybridized carbons (Fsp3) is 0.0625. The largest absolute Gasteiger partial charge is 0.497 e. The highest BCUT2D eigenvalue weighted by molar-refractivity contribution is 6.31. The molecular weight excluding hydrogens is 274 g/mol. The Bertz CT molecular complexity index is 741. The molecule has 0 atom stereocenters. The van der Waals surface area contributed by atoms with E-state index in [0.29, 0.717) is 5.02 Å². The van der Waals surface area contributed by atoms with Crippen molar-refractivity contribution in [2.75, 3.05) is 7.11 Å². The van der Waals surface area contributed by atoms with E-state index in [-0.39, 0.29) is 0 Å². The number of aromatic nitrogens is 1. The van der Waals surface area contributed by atoms with E-state index in [4.69, 9.17) is 21.1 Å².